The molecule has 4 nitrogen and oxygen atoms in total. The Labute approximate surface area is 165 Å². The largest absolute Gasteiger partial charge is 0.496 e. The highest BCUT2D eigenvalue weighted by atomic mass is 19.4. The third-order valence-electron chi connectivity index (χ3n) is 4.24. The molecule has 1 amide bonds. The summed E-state index contributed by atoms with van der Waals surface area (Å²) in [5.74, 6) is -0.337. The first-order chi connectivity index (χ1) is 12.9. The Hall–Kier alpha value is -1.76. The van der Waals surface area contributed by atoms with E-state index in [1.807, 2.05) is 34.6 Å². The highest BCUT2D eigenvalue weighted by Crippen LogP contribution is 2.38. The topological polar surface area (TPSA) is 47.6 Å². The van der Waals surface area contributed by atoms with Crippen molar-refractivity contribution in [2.75, 3.05) is 19.0 Å². The number of hydrogen-bond acceptors (Lipinski definition) is 3. The van der Waals surface area contributed by atoms with Crippen LogP contribution in [0, 0.1) is 11.8 Å². The van der Waals surface area contributed by atoms with E-state index in [1.54, 1.807) is 0 Å². The predicted octanol–water partition coefficient (Wildman–Crippen LogP) is 5.91. The van der Waals surface area contributed by atoms with Gasteiger partial charge < -0.3 is 14.8 Å². The van der Waals surface area contributed by atoms with Crippen LogP contribution in [0.25, 0.3) is 0 Å². The Balaban J connectivity index is 3.25. The van der Waals surface area contributed by atoms with Crippen LogP contribution in [0.3, 0.4) is 0 Å². The second-order valence-electron chi connectivity index (χ2n) is 7.91. The van der Waals surface area contributed by atoms with Crippen LogP contribution in [0.5, 0.6) is 5.75 Å². The molecule has 0 aliphatic rings. The molecule has 1 aromatic rings. The van der Waals surface area contributed by atoms with Crippen molar-refractivity contribution < 1.29 is 27.4 Å². The summed E-state index contributed by atoms with van der Waals surface area (Å²) in [4.78, 5) is 13.2. The van der Waals surface area contributed by atoms with E-state index in [4.69, 9.17) is 9.47 Å². The molecule has 0 bridgehead atoms. The molecule has 0 heterocycles. The lowest BCUT2D eigenvalue weighted by Crippen LogP contribution is -2.48. The monoisotopic (exact) mass is 403 g/mol. The molecule has 0 radical (unpaired) electrons. The number of anilines is 1. The normalized spacial score (nSPS) is 12.5. The molecule has 0 atom stereocenters. The molecule has 7 heteroatoms. The number of benzene rings is 1. The van der Waals surface area contributed by atoms with Gasteiger partial charge in [0.15, 0.2) is 0 Å². The highest BCUT2D eigenvalue weighted by Gasteiger charge is 2.41. The fraction of sp³-hybridized carbons (Fsp3) is 0.667. The SMILES string of the molecule is CCCOC(CC(C)C)(CC(C)C)C(=O)Nc1ccc(OC)c(C(F)(F)F)c1. The van der Waals surface area contributed by atoms with Crippen molar-refractivity contribution in [3.05, 3.63) is 23.8 Å². The van der Waals surface area contributed by atoms with Crippen molar-refractivity contribution in [3.63, 3.8) is 0 Å². The summed E-state index contributed by atoms with van der Waals surface area (Å²) in [6.45, 7) is 10.3. The number of nitrogens with one attached hydrogen (secondary N) is 1. The molecule has 1 rings (SSSR count). The van der Waals surface area contributed by atoms with E-state index in [9.17, 15) is 18.0 Å². The second-order valence-corrected chi connectivity index (χ2v) is 7.91. The molecule has 0 saturated heterocycles. The van der Waals surface area contributed by atoms with Gasteiger partial charge in [-0.1, -0.05) is 34.6 Å². The van der Waals surface area contributed by atoms with Crippen LogP contribution in [0.4, 0.5) is 18.9 Å². The molecule has 0 aliphatic heterocycles. The maximum Gasteiger partial charge on any atom is 0.420 e. The van der Waals surface area contributed by atoms with Gasteiger partial charge in [0.1, 0.15) is 11.4 Å². The number of carbonyl (C=O) groups excluding carboxylic acids is 1. The van der Waals surface area contributed by atoms with E-state index < -0.39 is 23.2 Å². The lowest BCUT2D eigenvalue weighted by Gasteiger charge is -2.35. The first-order valence-corrected chi connectivity index (χ1v) is 9.65. The number of carbonyl (C=O) groups is 1. The van der Waals surface area contributed by atoms with Crippen LogP contribution in [0.1, 0.15) is 59.4 Å². The van der Waals surface area contributed by atoms with Crippen molar-refractivity contribution in [1.29, 1.82) is 0 Å². The van der Waals surface area contributed by atoms with Gasteiger partial charge in [0, 0.05) is 12.3 Å². The van der Waals surface area contributed by atoms with Crippen LogP contribution in [0.15, 0.2) is 18.2 Å². The number of alkyl halides is 3. The van der Waals surface area contributed by atoms with E-state index in [0.29, 0.717) is 19.4 Å². The predicted molar refractivity (Wildman–Crippen MR) is 105 cm³/mol. The minimum absolute atomic E-state index is 0.0649. The zero-order chi connectivity index (χ0) is 21.5. The Morgan fingerprint density at radius 2 is 1.68 bits per heavy atom. The zero-order valence-electron chi connectivity index (χ0n) is 17.6. The summed E-state index contributed by atoms with van der Waals surface area (Å²) >= 11 is 0. The maximum absolute atomic E-state index is 13.3. The highest BCUT2D eigenvalue weighted by molar-refractivity contribution is 5.97. The van der Waals surface area contributed by atoms with Crippen molar-refractivity contribution in [1.82, 2.24) is 0 Å². The van der Waals surface area contributed by atoms with Crippen LogP contribution < -0.4 is 10.1 Å². The average molecular weight is 403 g/mol. The van der Waals surface area contributed by atoms with Gasteiger partial charge in [0.2, 0.25) is 0 Å². The van der Waals surface area contributed by atoms with Gasteiger partial charge in [0.25, 0.3) is 5.91 Å². The second kappa shape index (κ2) is 10.1. The Bertz CT molecular complexity index is 632. The van der Waals surface area contributed by atoms with Gasteiger partial charge >= 0.3 is 6.18 Å². The number of halogens is 3. The van der Waals surface area contributed by atoms with E-state index in [2.05, 4.69) is 5.32 Å². The standard InChI is InChI=1S/C21H32F3NO3/c1-7-10-28-20(12-14(2)3,13-15(4)5)19(26)25-16-8-9-18(27-6)17(11-16)21(22,23)24/h8-9,11,14-15H,7,10,12-13H2,1-6H3,(H,25,26). The van der Waals surface area contributed by atoms with Crippen molar-refractivity contribution in [2.24, 2.45) is 11.8 Å². The third kappa shape index (κ3) is 6.69. The van der Waals surface area contributed by atoms with Gasteiger partial charge in [-0.3, -0.25) is 4.79 Å². The fourth-order valence-corrected chi connectivity index (χ4v) is 3.32. The molecular weight excluding hydrogens is 371 g/mol. The van der Waals surface area contributed by atoms with E-state index in [1.165, 1.54) is 19.2 Å². The van der Waals surface area contributed by atoms with Gasteiger partial charge in [-0.25, -0.2) is 0 Å². The molecule has 28 heavy (non-hydrogen) atoms. The number of ether oxygens (including phenoxy) is 2. The van der Waals surface area contributed by atoms with Gasteiger partial charge in [-0.05, 0) is 49.3 Å². The maximum atomic E-state index is 13.3. The zero-order valence-corrected chi connectivity index (χ0v) is 17.6. The number of amides is 1. The molecule has 0 unspecified atom stereocenters. The molecule has 0 spiro atoms. The minimum atomic E-state index is -4.59. The smallest absolute Gasteiger partial charge is 0.420 e. The van der Waals surface area contributed by atoms with Gasteiger partial charge in [0.05, 0.1) is 12.7 Å². The van der Waals surface area contributed by atoms with E-state index in [0.717, 1.165) is 12.5 Å². The van der Waals surface area contributed by atoms with Crippen molar-refractivity contribution in [2.45, 2.75) is 65.7 Å². The first-order valence-electron chi connectivity index (χ1n) is 9.65. The minimum Gasteiger partial charge on any atom is -0.496 e. The number of methoxy groups -OCH3 is 1. The lowest BCUT2D eigenvalue weighted by molar-refractivity contribution is -0.147. The van der Waals surface area contributed by atoms with E-state index in [-0.39, 0.29) is 23.3 Å². The molecule has 1 aromatic carbocycles. The molecule has 0 fully saturated rings. The molecule has 0 aromatic heterocycles. The van der Waals surface area contributed by atoms with Crippen molar-refractivity contribution >= 4 is 11.6 Å². The van der Waals surface area contributed by atoms with E-state index >= 15 is 0 Å². The quantitative estimate of drug-likeness (QED) is 0.528. The van der Waals surface area contributed by atoms with Crippen molar-refractivity contribution in [3.8, 4) is 5.75 Å². The van der Waals surface area contributed by atoms with Crippen LogP contribution >= 0.6 is 0 Å². The molecule has 0 aliphatic carbocycles. The first kappa shape index (κ1) is 24.3. The molecule has 160 valence electrons. The summed E-state index contributed by atoms with van der Waals surface area (Å²) in [6.07, 6.45) is -2.87. The molecular formula is C21H32F3NO3. The Morgan fingerprint density at radius 1 is 1.11 bits per heavy atom. The van der Waals surface area contributed by atoms with Crippen LogP contribution in [-0.4, -0.2) is 25.2 Å². The summed E-state index contributed by atoms with van der Waals surface area (Å²) in [7, 11) is 1.18. The third-order valence-corrected chi connectivity index (χ3v) is 4.24. The Morgan fingerprint density at radius 3 is 2.11 bits per heavy atom. The summed E-state index contributed by atoms with van der Waals surface area (Å²) in [5.41, 5.74) is -1.95. The number of rotatable bonds is 10. The van der Waals surface area contributed by atoms with Gasteiger partial charge in [-0.2, -0.15) is 13.2 Å². The molecule has 1 N–H and O–H groups in total. The average Bonchev–Trinajstić information content (AvgIpc) is 2.57. The summed E-state index contributed by atoms with van der Waals surface area (Å²) < 4.78 is 50.7. The summed E-state index contributed by atoms with van der Waals surface area (Å²) in [6, 6.07) is 3.51. The van der Waals surface area contributed by atoms with Crippen LogP contribution in [0.2, 0.25) is 0 Å². The fourth-order valence-electron chi connectivity index (χ4n) is 3.32. The Kier molecular flexibility index (Phi) is 8.79. The van der Waals surface area contributed by atoms with Crippen LogP contribution in [-0.2, 0) is 15.7 Å². The lowest BCUT2D eigenvalue weighted by atomic mass is 9.83. The summed E-state index contributed by atoms with van der Waals surface area (Å²) in [5, 5.41) is 2.65. The molecule has 0 saturated carbocycles. The van der Waals surface area contributed by atoms with Gasteiger partial charge in [-0.15, -0.1) is 0 Å². The number of hydrogen-bond donors (Lipinski definition) is 1.